The molecule has 0 aliphatic carbocycles. The maximum Gasteiger partial charge on any atom is 0.337 e. The van der Waals surface area contributed by atoms with Crippen molar-refractivity contribution in [2.24, 2.45) is 0 Å². The molecule has 0 bridgehead atoms. The van der Waals surface area contributed by atoms with E-state index in [9.17, 15) is 15.0 Å². The molecule has 17 heavy (non-hydrogen) atoms. The van der Waals surface area contributed by atoms with Gasteiger partial charge in [0.25, 0.3) is 0 Å². The van der Waals surface area contributed by atoms with Gasteiger partial charge in [-0.25, -0.2) is 4.79 Å². The van der Waals surface area contributed by atoms with Gasteiger partial charge in [-0.05, 0) is 24.6 Å². The number of carbonyl (C=O) groups is 1. The lowest BCUT2D eigenvalue weighted by Gasteiger charge is -2.13. The van der Waals surface area contributed by atoms with E-state index in [2.05, 4.69) is 5.32 Å². The summed E-state index contributed by atoms with van der Waals surface area (Å²) in [5, 5.41) is 30.5. The van der Waals surface area contributed by atoms with Gasteiger partial charge in [-0.3, -0.25) is 0 Å². The molecule has 0 amide bonds. The number of halogens is 1. The molecule has 1 atom stereocenters. The number of phenols is 1. The zero-order chi connectivity index (χ0) is 13.0. The van der Waals surface area contributed by atoms with Crippen molar-refractivity contribution < 1.29 is 20.1 Å². The Morgan fingerprint density at radius 1 is 1.53 bits per heavy atom. The second-order valence-corrected chi connectivity index (χ2v) is 3.99. The van der Waals surface area contributed by atoms with Crippen LogP contribution in [0.1, 0.15) is 15.9 Å². The fourth-order valence-electron chi connectivity index (χ4n) is 1.30. The molecule has 1 unspecified atom stereocenters. The molecule has 4 N–H and O–H groups in total. The van der Waals surface area contributed by atoms with Crippen molar-refractivity contribution >= 4 is 23.3 Å². The number of aromatic hydroxyl groups is 1. The van der Waals surface area contributed by atoms with Crippen LogP contribution in [0, 0.1) is 6.92 Å². The molecule has 0 spiro atoms. The average Bonchev–Trinajstić information content (AvgIpc) is 2.29. The SMILES string of the molecule is Cc1cc(NCC(O)CCl)c(C(=O)O)cc1O. The summed E-state index contributed by atoms with van der Waals surface area (Å²) in [5.74, 6) is -1.17. The number of anilines is 1. The first-order chi connectivity index (χ1) is 7.95. The van der Waals surface area contributed by atoms with E-state index in [-0.39, 0.29) is 23.7 Å². The highest BCUT2D eigenvalue weighted by molar-refractivity contribution is 6.18. The summed E-state index contributed by atoms with van der Waals surface area (Å²) in [5.41, 5.74) is 0.852. The molecule has 0 radical (unpaired) electrons. The van der Waals surface area contributed by atoms with Gasteiger partial charge >= 0.3 is 5.97 Å². The largest absolute Gasteiger partial charge is 0.508 e. The molecule has 5 nitrogen and oxygen atoms in total. The Hall–Kier alpha value is -1.46. The van der Waals surface area contributed by atoms with Crippen molar-refractivity contribution in [2.45, 2.75) is 13.0 Å². The van der Waals surface area contributed by atoms with Crippen molar-refractivity contribution in [2.75, 3.05) is 17.7 Å². The van der Waals surface area contributed by atoms with Gasteiger partial charge < -0.3 is 20.6 Å². The van der Waals surface area contributed by atoms with Crippen LogP contribution in [0.3, 0.4) is 0 Å². The number of aliphatic hydroxyl groups excluding tert-OH is 1. The van der Waals surface area contributed by atoms with Crippen molar-refractivity contribution in [3.05, 3.63) is 23.3 Å². The highest BCUT2D eigenvalue weighted by Gasteiger charge is 2.13. The number of hydrogen-bond donors (Lipinski definition) is 4. The van der Waals surface area contributed by atoms with Gasteiger partial charge in [0.15, 0.2) is 0 Å². The van der Waals surface area contributed by atoms with E-state index in [4.69, 9.17) is 16.7 Å². The number of benzene rings is 1. The summed E-state index contributed by atoms with van der Waals surface area (Å²) >= 11 is 5.43. The molecular weight excluding hydrogens is 246 g/mol. The zero-order valence-corrected chi connectivity index (χ0v) is 10.0. The van der Waals surface area contributed by atoms with Crippen LogP contribution in [-0.4, -0.2) is 39.8 Å². The van der Waals surface area contributed by atoms with Gasteiger partial charge in [0.1, 0.15) is 5.75 Å². The quantitative estimate of drug-likeness (QED) is 0.474. The lowest BCUT2D eigenvalue weighted by molar-refractivity contribution is 0.0697. The lowest BCUT2D eigenvalue weighted by atomic mass is 10.1. The summed E-state index contributed by atoms with van der Waals surface area (Å²) < 4.78 is 0. The molecule has 0 saturated carbocycles. The molecule has 1 rings (SSSR count). The van der Waals surface area contributed by atoms with Crippen LogP contribution in [0.4, 0.5) is 5.69 Å². The van der Waals surface area contributed by atoms with Crippen molar-refractivity contribution in [1.82, 2.24) is 0 Å². The Kier molecular flexibility index (Phi) is 4.60. The van der Waals surface area contributed by atoms with E-state index < -0.39 is 12.1 Å². The van der Waals surface area contributed by atoms with Crippen LogP contribution >= 0.6 is 11.6 Å². The maximum atomic E-state index is 11.0. The minimum absolute atomic E-state index is 0.0464. The summed E-state index contributed by atoms with van der Waals surface area (Å²) in [6.45, 7) is 1.80. The van der Waals surface area contributed by atoms with Crippen LogP contribution in [0.5, 0.6) is 5.75 Å². The fraction of sp³-hybridized carbons (Fsp3) is 0.364. The number of aryl methyl sites for hydroxylation is 1. The minimum Gasteiger partial charge on any atom is -0.508 e. The first-order valence-corrected chi connectivity index (χ1v) is 5.54. The Morgan fingerprint density at radius 2 is 2.18 bits per heavy atom. The fourth-order valence-corrected chi connectivity index (χ4v) is 1.41. The molecule has 1 aromatic carbocycles. The van der Waals surface area contributed by atoms with E-state index >= 15 is 0 Å². The number of alkyl halides is 1. The van der Waals surface area contributed by atoms with E-state index in [1.54, 1.807) is 6.92 Å². The highest BCUT2D eigenvalue weighted by Crippen LogP contribution is 2.25. The molecule has 0 aliphatic rings. The van der Waals surface area contributed by atoms with Crippen molar-refractivity contribution in [3.63, 3.8) is 0 Å². The molecule has 0 fully saturated rings. The smallest absolute Gasteiger partial charge is 0.337 e. The number of aromatic carboxylic acids is 1. The van der Waals surface area contributed by atoms with Crippen LogP contribution in [0.25, 0.3) is 0 Å². The topological polar surface area (TPSA) is 89.8 Å². The highest BCUT2D eigenvalue weighted by atomic mass is 35.5. The second kappa shape index (κ2) is 5.75. The standard InChI is InChI=1S/C11H14ClNO4/c1-6-2-9(13-5-7(14)4-12)8(11(16)17)3-10(6)15/h2-3,7,13-15H,4-5H2,1H3,(H,16,17). The van der Waals surface area contributed by atoms with Crippen molar-refractivity contribution in [1.29, 1.82) is 0 Å². The second-order valence-electron chi connectivity index (χ2n) is 3.68. The molecule has 1 aromatic rings. The van der Waals surface area contributed by atoms with Gasteiger partial charge in [-0.1, -0.05) is 0 Å². The number of nitrogens with one attached hydrogen (secondary N) is 1. The molecule has 6 heteroatoms. The van der Waals surface area contributed by atoms with E-state index in [1.807, 2.05) is 0 Å². The number of aliphatic hydroxyl groups is 1. The zero-order valence-electron chi connectivity index (χ0n) is 9.27. The van der Waals surface area contributed by atoms with Crippen LogP contribution < -0.4 is 5.32 Å². The van der Waals surface area contributed by atoms with Crippen LogP contribution in [0.2, 0.25) is 0 Å². The summed E-state index contributed by atoms with van der Waals surface area (Å²) in [6, 6.07) is 2.69. The predicted octanol–water partition coefficient (Wildman–Crippen LogP) is 1.41. The molecule has 0 saturated heterocycles. The van der Waals surface area contributed by atoms with Gasteiger partial charge in [0, 0.05) is 12.2 Å². The summed E-state index contributed by atoms with van der Waals surface area (Å²) in [6.07, 6.45) is -0.757. The maximum absolute atomic E-state index is 11.0. The Balaban J connectivity index is 2.96. The van der Waals surface area contributed by atoms with Crippen molar-refractivity contribution in [3.8, 4) is 5.75 Å². The molecule has 0 aliphatic heterocycles. The monoisotopic (exact) mass is 259 g/mol. The Labute approximate surface area is 104 Å². The Bertz CT molecular complexity index is 422. The molecular formula is C11H14ClNO4. The average molecular weight is 260 g/mol. The minimum atomic E-state index is -1.15. The van der Waals surface area contributed by atoms with Gasteiger partial charge in [0.05, 0.1) is 17.5 Å². The van der Waals surface area contributed by atoms with E-state index in [0.29, 0.717) is 11.3 Å². The number of hydrogen-bond acceptors (Lipinski definition) is 4. The summed E-state index contributed by atoms with van der Waals surface area (Å²) in [7, 11) is 0. The summed E-state index contributed by atoms with van der Waals surface area (Å²) in [4.78, 5) is 11.0. The lowest BCUT2D eigenvalue weighted by Crippen LogP contribution is -2.21. The van der Waals surface area contributed by atoms with E-state index in [1.165, 1.54) is 12.1 Å². The van der Waals surface area contributed by atoms with Gasteiger partial charge in [-0.15, -0.1) is 11.6 Å². The first kappa shape index (κ1) is 13.6. The normalized spacial score (nSPS) is 12.2. The number of carboxylic acid groups (broad SMARTS) is 1. The third-order valence-electron chi connectivity index (χ3n) is 2.27. The number of rotatable bonds is 5. The molecule has 0 heterocycles. The number of carboxylic acids is 1. The number of phenolic OH excluding ortho intramolecular Hbond substituents is 1. The van der Waals surface area contributed by atoms with Gasteiger partial charge in [0.2, 0.25) is 0 Å². The third kappa shape index (κ3) is 3.51. The third-order valence-corrected chi connectivity index (χ3v) is 2.63. The molecule has 0 aromatic heterocycles. The molecule has 94 valence electrons. The first-order valence-electron chi connectivity index (χ1n) is 5.00. The van der Waals surface area contributed by atoms with E-state index in [0.717, 1.165) is 0 Å². The van der Waals surface area contributed by atoms with Gasteiger partial charge in [-0.2, -0.15) is 0 Å². The van der Waals surface area contributed by atoms with Crippen LogP contribution in [-0.2, 0) is 0 Å². The van der Waals surface area contributed by atoms with Crippen LogP contribution in [0.15, 0.2) is 12.1 Å². The predicted molar refractivity (Wildman–Crippen MR) is 65.0 cm³/mol. The Morgan fingerprint density at radius 3 is 2.71 bits per heavy atom.